The van der Waals surface area contributed by atoms with Gasteiger partial charge >= 0.3 is 0 Å². The highest BCUT2D eigenvalue weighted by molar-refractivity contribution is 9.10. The first-order valence-corrected chi connectivity index (χ1v) is 10.5. The van der Waals surface area contributed by atoms with Gasteiger partial charge in [0.15, 0.2) is 0 Å². The number of nitrogens with one attached hydrogen (secondary N) is 2. The van der Waals surface area contributed by atoms with Gasteiger partial charge in [-0.2, -0.15) is 0 Å². The number of hydrogen-bond donors (Lipinski definition) is 2. The van der Waals surface area contributed by atoms with Gasteiger partial charge in [0.05, 0.1) is 15.5 Å². The lowest BCUT2D eigenvalue weighted by Gasteiger charge is -2.12. The number of aryl methyl sites for hydroxylation is 1. The zero-order chi connectivity index (χ0) is 23.3. The van der Waals surface area contributed by atoms with Crippen LogP contribution in [0.3, 0.4) is 0 Å². The Labute approximate surface area is 197 Å². The first-order chi connectivity index (χ1) is 15.2. The van der Waals surface area contributed by atoms with Gasteiger partial charge in [0.1, 0.15) is 5.70 Å². The van der Waals surface area contributed by atoms with E-state index in [1.807, 2.05) is 6.92 Å². The van der Waals surface area contributed by atoms with Crippen molar-refractivity contribution in [2.75, 3.05) is 5.32 Å². The summed E-state index contributed by atoms with van der Waals surface area (Å²) in [5, 5.41) is 16.6. The fraction of sp³-hybridized carbons (Fsp3) is 0.0435. The summed E-state index contributed by atoms with van der Waals surface area (Å²) in [6.07, 6.45) is 1.36. The fourth-order valence-electron chi connectivity index (χ4n) is 2.81. The SMILES string of the molecule is Cc1cc(NC(=O)/C(=C\c2cccc([N+](=O)[O-])c2)NC(=O)c2ccccc2Cl)ccc1Br. The highest BCUT2D eigenvalue weighted by Gasteiger charge is 2.17. The molecule has 3 rings (SSSR count). The quantitative estimate of drug-likeness (QED) is 0.249. The minimum atomic E-state index is -0.598. The van der Waals surface area contributed by atoms with Crippen LogP contribution in [-0.2, 0) is 4.79 Å². The molecule has 0 saturated heterocycles. The lowest BCUT2D eigenvalue weighted by Crippen LogP contribution is -2.31. The summed E-state index contributed by atoms with van der Waals surface area (Å²) in [6.45, 7) is 1.87. The van der Waals surface area contributed by atoms with E-state index >= 15 is 0 Å². The van der Waals surface area contributed by atoms with E-state index in [0.717, 1.165) is 10.0 Å². The number of carbonyl (C=O) groups is 2. The number of nitro benzene ring substituents is 1. The van der Waals surface area contributed by atoms with Gasteiger partial charge in [-0.1, -0.05) is 51.8 Å². The molecule has 0 unspecified atom stereocenters. The van der Waals surface area contributed by atoms with Crippen LogP contribution in [0.1, 0.15) is 21.5 Å². The third kappa shape index (κ3) is 5.81. The van der Waals surface area contributed by atoms with Gasteiger partial charge in [0, 0.05) is 22.3 Å². The summed E-state index contributed by atoms with van der Waals surface area (Å²) in [5.41, 5.74) is 1.75. The summed E-state index contributed by atoms with van der Waals surface area (Å²) in [7, 11) is 0. The molecule has 7 nitrogen and oxygen atoms in total. The molecule has 2 N–H and O–H groups in total. The summed E-state index contributed by atoms with van der Waals surface area (Å²) >= 11 is 9.50. The number of rotatable bonds is 6. The van der Waals surface area contributed by atoms with E-state index in [-0.39, 0.29) is 22.0 Å². The summed E-state index contributed by atoms with van der Waals surface area (Å²) < 4.78 is 0.884. The first kappa shape index (κ1) is 23.2. The molecule has 32 heavy (non-hydrogen) atoms. The average molecular weight is 515 g/mol. The van der Waals surface area contributed by atoms with E-state index in [2.05, 4.69) is 26.6 Å². The van der Waals surface area contributed by atoms with Gasteiger partial charge in [-0.15, -0.1) is 0 Å². The van der Waals surface area contributed by atoms with Crippen LogP contribution < -0.4 is 10.6 Å². The third-order valence-corrected chi connectivity index (χ3v) is 5.64. The van der Waals surface area contributed by atoms with Crippen molar-refractivity contribution in [1.82, 2.24) is 5.32 Å². The summed E-state index contributed by atoms with van der Waals surface area (Å²) in [4.78, 5) is 36.3. The second-order valence-corrected chi connectivity index (χ2v) is 8.02. The van der Waals surface area contributed by atoms with Gasteiger partial charge in [-0.3, -0.25) is 19.7 Å². The number of hydrogen-bond acceptors (Lipinski definition) is 4. The lowest BCUT2D eigenvalue weighted by molar-refractivity contribution is -0.384. The Kier molecular flexibility index (Phi) is 7.40. The first-order valence-electron chi connectivity index (χ1n) is 9.34. The maximum absolute atomic E-state index is 13.0. The molecule has 0 spiro atoms. The number of benzene rings is 3. The Bertz CT molecular complexity index is 1240. The topological polar surface area (TPSA) is 101 Å². The lowest BCUT2D eigenvalue weighted by atomic mass is 10.1. The molecule has 0 atom stereocenters. The smallest absolute Gasteiger partial charge is 0.272 e. The highest BCUT2D eigenvalue weighted by Crippen LogP contribution is 2.21. The van der Waals surface area contributed by atoms with Crippen molar-refractivity contribution in [2.45, 2.75) is 6.92 Å². The molecule has 0 aliphatic rings. The van der Waals surface area contributed by atoms with Crippen LogP contribution in [0, 0.1) is 17.0 Å². The Morgan fingerprint density at radius 3 is 2.50 bits per heavy atom. The molecule has 0 fully saturated rings. The zero-order valence-corrected chi connectivity index (χ0v) is 19.1. The molecule has 162 valence electrons. The van der Waals surface area contributed by atoms with E-state index in [9.17, 15) is 19.7 Å². The number of anilines is 1. The van der Waals surface area contributed by atoms with Gasteiger partial charge in [-0.25, -0.2) is 0 Å². The van der Waals surface area contributed by atoms with Crippen LogP contribution in [0.5, 0.6) is 0 Å². The van der Waals surface area contributed by atoms with Crippen LogP contribution in [0.2, 0.25) is 5.02 Å². The largest absolute Gasteiger partial charge is 0.321 e. The highest BCUT2D eigenvalue weighted by atomic mass is 79.9. The Balaban J connectivity index is 1.96. The predicted molar refractivity (Wildman–Crippen MR) is 128 cm³/mol. The number of non-ortho nitro benzene ring substituents is 1. The van der Waals surface area contributed by atoms with Crippen molar-refractivity contribution in [1.29, 1.82) is 0 Å². The molecular formula is C23H17BrClN3O4. The molecule has 0 aliphatic heterocycles. The molecule has 0 heterocycles. The summed E-state index contributed by atoms with van der Waals surface area (Å²) in [5.74, 6) is -1.19. The molecule has 0 bridgehead atoms. The maximum atomic E-state index is 13.0. The molecule has 0 aromatic heterocycles. The Hall–Kier alpha value is -3.49. The third-order valence-electron chi connectivity index (χ3n) is 4.42. The molecule has 3 aromatic carbocycles. The average Bonchev–Trinajstić information content (AvgIpc) is 2.76. The number of halogens is 2. The van der Waals surface area contributed by atoms with Crippen LogP contribution in [0.25, 0.3) is 6.08 Å². The molecular weight excluding hydrogens is 498 g/mol. The van der Waals surface area contributed by atoms with Crippen LogP contribution in [0.15, 0.2) is 76.9 Å². The molecule has 0 radical (unpaired) electrons. The van der Waals surface area contributed by atoms with Crippen molar-refractivity contribution in [3.05, 3.63) is 109 Å². The van der Waals surface area contributed by atoms with Crippen molar-refractivity contribution in [2.24, 2.45) is 0 Å². The van der Waals surface area contributed by atoms with Gasteiger partial charge in [0.2, 0.25) is 0 Å². The maximum Gasteiger partial charge on any atom is 0.272 e. The fourth-order valence-corrected chi connectivity index (χ4v) is 3.28. The van der Waals surface area contributed by atoms with Gasteiger partial charge in [0.25, 0.3) is 17.5 Å². The number of nitrogens with zero attached hydrogens (tertiary/aromatic N) is 1. The van der Waals surface area contributed by atoms with Gasteiger partial charge < -0.3 is 10.6 Å². The second kappa shape index (κ2) is 10.2. The van der Waals surface area contributed by atoms with E-state index < -0.39 is 16.7 Å². The second-order valence-electron chi connectivity index (χ2n) is 6.76. The minimum Gasteiger partial charge on any atom is -0.321 e. The number of nitro groups is 1. The summed E-state index contributed by atoms with van der Waals surface area (Å²) in [6, 6.07) is 17.4. The van der Waals surface area contributed by atoms with E-state index in [4.69, 9.17) is 11.6 Å². The molecule has 2 amide bonds. The monoisotopic (exact) mass is 513 g/mol. The van der Waals surface area contributed by atoms with Gasteiger partial charge in [-0.05, 0) is 54.5 Å². The van der Waals surface area contributed by atoms with Crippen molar-refractivity contribution in [3.8, 4) is 0 Å². The van der Waals surface area contributed by atoms with Crippen LogP contribution in [-0.4, -0.2) is 16.7 Å². The molecule has 9 heteroatoms. The Morgan fingerprint density at radius 1 is 1.06 bits per heavy atom. The van der Waals surface area contributed by atoms with Crippen LogP contribution in [0.4, 0.5) is 11.4 Å². The van der Waals surface area contributed by atoms with Crippen molar-refractivity contribution >= 4 is 56.8 Å². The molecule has 3 aromatic rings. The normalized spacial score (nSPS) is 11.0. The molecule has 0 saturated carbocycles. The molecule has 0 aliphatic carbocycles. The number of carbonyl (C=O) groups excluding carboxylic acids is 2. The standard InChI is InChI=1S/C23H17BrClN3O4/c1-14-11-16(9-10-19(14)24)26-23(30)21(13-15-5-4-6-17(12-15)28(31)32)27-22(29)18-7-2-3-8-20(18)25/h2-13H,1H3,(H,26,30)(H,27,29)/b21-13+. The zero-order valence-electron chi connectivity index (χ0n) is 16.8. The van der Waals surface area contributed by atoms with E-state index in [0.29, 0.717) is 11.3 Å². The van der Waals surface area contributed by atoms with Crippen LogP contribution >= 0.6 is 27.5 Å². The predicted octanol–water partition coefficient (Wildman–Crippen LogP) is 5.73. The van der Waals surface area contributed by atoms with Crippen molar-refractivity contribution < 1.29 is 14.5 Å². The Morgan fingerprint density at radius 2 is 1.81 bits per heavy atom. The van der Waals surface area contributed by atoms with Crippen molar-refractivity contribution in [3.63, 3.8) is 0 Å². The van der Waals surface area contributed by atoms with E-state index in [1.165, 1.54) is 30.3 Å². The minimum absolute atomic E-state index is 0.101. The van der Waals surface area contributed by atoms with E-state index in [1.54, 1.807) is 42.5 Å². The number of amides is 2.